The number of nitrogens with one attached hydrogen (secondary N) is 1. The molecule has 0 saturated carbocycles. The Hall–Kier alpha value is -0.770. The van der Waals surface area contributed by atoms with Gasteiger partial charge in [-0.25, -0.2) is 0 Å². The van der Waals surface area contributed by atoms with Gasteiger partial charge in [-0.05, 0) is 18.6 Å². The second-order valence-electron chi connectivity index (χ2n) is 4.98. The third-order valence-electron chi connectivity index (χ3n) is 2.99. The van der Waals surface area contributed by atoms with Crippen molar-refractivity contribution in [3.05, 3.63) is 28.8 Å². The average molecular weight is 285 g/mol. The Morgan fingerprint density at radius 2 is 2.05 bits per heavy atom. The van der Waals surface area contributed by atoms with Gasteiger partial charge in [-0.3, -0.25) is 0 Å². The maximum absolute atomic E-state index is 9.21. The van der Waals surface area contributed by atoms with Gasteiger partial charge in [0, 0.05) is 41.9 Å². The Morgan fingerprint density at radius 3 is 2.63 bits per heavy atom. The molecule has 0 amide bonds. The molecule has 0 fully saturated rings. The summed E-state index contributed by atoms with van der Waals surface area (Å²) in [4.78, 5) is 2.20. The summed E-state index contributed by atoms with van der Waals surface area (Å²) in [7, 11) is 0. The van der Waals surface area contributed by atoms with Crippen LogP contribution in [0.2, 0.25) is 5.02 Å². The van der Waals surface area contributed by atoms with Crippen LogP contribution in [0, 0.1) is 0 Å². The quantitative estimate of drug-likeness (QED) is 0.770. The minimum Gasteiger partial charge on any atom is -0.395 e. The second-order valence-corrected chi connectivity index (χ2v) is 5.39. The highest BCUT2D eigenvalue weighted by Crippen LogP contribution is 2.27. The molecule has 0 aliphatic heterocycles. The molecule has 1 aromatic carbocycles. The van der Waals surface area contributed by atoms with Gasteiger partial charge in [-0.2, -0.15) is 0 Å². The number of benzene rings is 1. The fraction of sp³-hybridized carbons (Fsp3) is 0.600. The molecule has 3 nitrogen and oxygen atoms in total. The first kappa shape index (κ1) is 16.3. The Kier molecular flexibility index (Phi) is 7.21. The number of halogens is 1. The Labute approximate surface area is 121 Å². The van der Waals surface area contributed by atoms with E-state index in [-0.39, 0.29) is 6.61 Å². The number of nitrogens with zero attached hydrogens (tertiary/aromatic N) is 1. The lowest BCUT2D eigenvalue weighted by atomic mass is 10.1. The number of hydrogen-bond donors (Lipinski definition) is 2. The first-order valence-electron chi connectivity index (χ1n) is 6.96. The van der Waals surface area contributed by atoms with E-state index in [4.69, 9.17) is 11.6 Å². The summed E-state index contributed by atoms with van der Waals surface area (Å²) in [6, 6.07) is 6.39. The Morgan fingerprint density at radius 1 is 1.32 bits per heavy atom. The first-order chi connectivity index (χ1) is 9.10. The summed E-state index contributed by atoms with van der Waals surface area (Å²) in [5.41, 5.74) is 2.23. The lowest BCUT2D eigenvalue weighted by Crippen LogP contribution is -2.30. The Balaban J connectivity index is 2.99. The number of aliphatic hydroxyl groups is 1. The molecular formula is C15H25ClN2O. The molecule has 0 aliphatic rings. The zero-order valence-corrected chi connectivity index (χ0v) is 12.9. The van der Waals surface area contributed by atoms with Crippen molar-refractivity contribution >= 4 is 17.3 Å². The molecule has 4 heteroatoms. The van der Waals surface area contributed by atoms with Crippen LogP contribution in [0.15, 0.2) is 18.2 Å². The monoisotopic (exact) mass is 284 g/mol. The van der Waals surface area contributed by atoms with Crippen LogP contribution in [0.4, 0.5) is 5.69 Å². The van der Waals surface area contributed by atoms with Gasteiger partial charge < -0.3 is 15.3 Å². The molecule has 0 spiro atoms. The summed E-state index contributed by atoms with van der Waals surface area (Å²) < 4.78 is 0. The van der Waals surface area contributed by atoms with E-state index < -0.39 is 0 Å². The van der Waals surface area contributed by atoms with Crippen LogP contribution >= 0.6 is 11.6 Å². The highest BCUT2D eigenvalue weighted by atomic mass is 35.5. The number of hydrogen-bond acceptors (Lipinski definition) is 3. The van der Waals surface area contributed by atoms with Crippen molar-refractivity contribution in [2.75, 3.05) is 24.6 Å². The molecule has 0 aliphatic carbocycles. The topological polar surface area (TPSA) is 35.5 Å². The third kappa shape index (κ3) is 5.01. The van der Waals surface area contributed by atoms with Gasteiger partial charge in [0.2, 0.25) is 0 Å². The normalized spacial score (nSPS) is 11.1. The van der Waals surface area contributed by atoms with E-state index in [9.17, 15) is 5.11 Å². The van der Waals surface area contributed by atoms with Crippen molar-refractivity contribution in [2.45, 2.75) is 39.8 Å². The van der Waals surface area contributed by atoms with Crippen molar-refractivity contribution in [3.8, 4) is 0 Å². The maximum Gasteiger partial charge on any atom is 0.0606 e. The summed E-state index contributed by atoms with van der Waals surface area (Å²) in [5, 5.41) is 13.4. The molecule has 0 heterocycles. The van der Waals surface area contributed by atoms with Gasteiger partial charge in [0.25, 0.3) is 0 Å². The lowest BCUT2D eigenvalue weighted by Gasteiger charge is -2.27. The van der Waals surface area contributed by atoms with Gasteiger partial charge >= 0.3 is 0 Å². The van der Waals surface area contributed by atoms with E-state index in [1.165, 1.54) is 0 Å². The highest BCUT2D eigenvalue weighted by molar-refractivity contribution is 6.31. The van der Waals surface area contributed by atoms with Crippen LogP contribution in [-0.2, 0) is 6.54 Å². The van der Waals surface area contributed by atoms with Crippen molar-refractivity contribution in [3.63, 3.8) is 0 Å². The van der Waals surface area contributed by atoms with E-state index in [0.717, 1.165) is 35.8 Å². The first-order valence-corrected chi connectivity index (χ1v) is 7.34. The van der Waals surface area contributed by atoms with Crippen molar-refractivity contribution in [1.29, 1.82) is 0 Å². The average Bonchev–Trinajstić information content (AvgIpc) is 2.36. The standard InChI is InChI=1S/C15H25ClN2O/c1-4-8-18(9-10-19)15-7-5-6-14(16)13(15)11-17-12(2)3/h5-7,12,17,19H,4,8-11H2,1-3H3. The van der Waals surface area contributed by atoms with Gasteiger partial charge in [0.15, 0.2) is 0 Å². The van der Waals surface area contributed by atoms with Crippen molar-refractivity contribution < 1.29 is 5.11 Å². The van der Waals surface area contributed by atoms with Crippen LogP contribution in [0.25, 0.3) is 0 Å². The van der Waals surface area contributed by atoms with E-state index in [1.807, 2.05) is 12.1 Å². The molecule has 108 valence electrons. The minimum atomic E-state index is 0.156. The molecule has 2 N–H and O–H groups in total. The highest BCUT2D eigenvalue weighted by Gasteiger charge is 2.13. The minimum absolute atomic E-state index is 0.156. The molecule has 0 bridgehead atoms. The van der Waals surface area contributed by atoms with Gasteiger partial charge in [-0.15, -0.1) is 0 Å². The molecular weight excluding hydrogens is 260 g/mol. The zero-order chi connectivity index (χ0) is 14.3. The van der Waals surface area contributed by atoms with E-state index in [0.29, 0.717) is 12.6 Å². The summed E-state index contributed by atoms with van der Waals surface area (Å²) in [5.74, 6) is 0. The van der Waals surface area contributed by atoms with Crippen LogP contribution in [0.1, 0.15) is 32.8 Å². The lowest BCUT2D eigenvalue weighted by molar-refractivity contribution is 0.301. The summed E-state index contributed by atoms with van der Waals surface area (Å²) >= 11 is 6.33. The summed E-state index contributed by atoms with van der Waals surface area (Å²) in [6.45, 7) is 8.85. The largest absolute Gasteiger partial charge is 0.395 e. The fourth-order valence-corrected chi connectivity index (χ4v) is 2.30. The number of rotatable bonds is 8. The van der Waals surface area contributed by atoms with Crippen LogP contribution in [-0.4, -0.2) is 30.8 Å². The smallest absolute Gasteiger partial charge is 0.0606 e. The van der Waals surface area contributed by atoms with E-state index in [2.05, 4.69) is 37.1 Å². The summed E-state index contributed by atoms with van der Waals surface area (Å²) in [6.07, 6.45) is 1.05. The van der Waals surface area contributed by atoms with Gasteiger partial charge in [0.05, 0.1) is 6.61 Å². The van der Waals surface area contributed by atoms with Crippen LogP contribution in [0.5, 0.6) is 0 Å². The van der Waals surface area contributed by atoms with Crippen LogP contribution < -0.4 is 10.2 Å². The molecule has 1 aromatic rings. The zero-order valence-electron chi connectivity index (χ0n) is 12.1. The van der Waals surface area contributed by atoms with Gasteiger partial charge in [0.1, 0.15) is 0 Å². The van der Waals surface area contributed by atoms with Crippen molar-refractivity contribution in [2.24, 2.45) is 0 Å². The van der Waals surface area contributed by atoms with E-state index in [1.54, 1.807) is 0 Å². The SMILES string of the molecule is CCCN(CCO)c1cccc(Cl)c1CNC(C)C. The number of anilines is 1. The number of aliphatic hydroxyl groups excluding tert-OH is 1. The molecule has 19 heavy (non-hydrogen) atoms. The predicted molar refractivity (Wildman–Crippen MR) is 83.0 cm³/mol. The molecule has 1 rings (SSSR count). The van der Waals surface area contributed by atoms with Crippen molar-refractivity contribution in [1.82, 2.24) is 5.32 Å². The maximum atomic E-state index is 9.21. The Bertz CT molecular complexity index is 376. The van der Waals surface area contributed by atoms with E-state index >= 15 is 0 Å². The molecule has 0 atom stereocenters. The van der Waals surface area contributed by atoms with Crippen LogP contribution in [0.3, 0.4) is 0 Å². The second kappa shape index (κ2) is 8.41. The molecule has 0 saturated heterocycles. The molecule has 0 radical (unpaired) electrons. The predicted octanol–water partition coefficient (Wildman–Crippen LogP) is 3.05. The van der Waals surface area contributed by atoms with Gasteiger partial charge in [-0.1, -0.05) is 38.4 Å². The fourth-order valence-electron chi connectivity index (χ4n) is 2.07. The third-order valence-corrected chi connectivity index (χ3v) is 3.34. The molecule has 0 unspecified atom stereocenters. The molecule has 0 aromatic heterocycles.